The van der Waals surface area contributed by atoms with Crippen LogP contribution in [0.5, 0.6) is 0 Å². The molecule has 83 heavy (non-hydrogen) atoms. The van der Waals surface area contributed by atoms with Crippen LogP contribution in [-0.4, -0.2) is 4.57 Å². The average Bonchev–Trinajstić information content (AvgIpc) is 1.64. The van der Waals surface area contributed by atoms with Crippen molar-refractivity contribution in [2.24, 2.45) is 0 Å². The second-order valence-corrected chi connectivity index (χ2v) is 26.4. The molecular weight excluding hydrogens is 1010 g/mol. The summed E-state index contributed by atoms with van der Waals surface area (Å²) in [5.41, 5.74) is 28.9. The summed E-state index contributed by atoms with van der Waals surface area (Å²) in [6.45, 7) is 21.5. The lowest BCUT2D eigenvalue weighted by Crippen LogP contribution is -2.24. The highest BCUT2D eigenvalue weighted by Crippen LogP contribution is 2.64. The fraction of sp³-hybridized carbons (Fsp3) is 0.165. The third kappa shape index (κ3) is 6.41. The maximum absolute atomic E-state index is 7.08. The van der Waals surface area contributed by atoms with Gasteiger partial charge in [-0.15, -0.1) is 0 Å². The first kappa shape index (κ1) is 48.3. The van der Waals surface area contributed by atoms with Crippen molar-refractivity contribution in [1.82, 2.24) is 4.57 Å². The monoisotopic (exact) mass is 1070 g/mol. The van der Waals surface area contributed by atoms with Crippen LogP contribution < -0.4 is 4.90 Å². The summed E-state index contributed by atoms with van der Waals surface area (Å²) in [6.07, 6.45) is 0. The van der Waals surface area contributed by atoms with Gasteiger partial charge in [0, 0.05) is 82.4 Å². The van der Waals surface area contributed by atoms with Crippen LogP contribution in [0.15, 0.2) is 221 Å². The molecule has 4 nitrogen and oxygen atoms in total. The maximum atomic E-state index is 7.08. The molecule has 14 aromatic rings. The van der Waals surface area contributed by atoms with E-state index in [1.807, 2.05) is 0 Å². The van der Waals surface area contributed by atoms with Crippen molar-refractivity contribution >= 4 is 82.7 Å². The number of nitrogens with zero attached hydrogens (tertiary/aromatic N) is 2. The molecule has 0 atom stereocenters. The molecule has 0 spiro atoms. The average molecular weight is 1070 g/mol. The van der Waals surface area contributed by atoms with Crippen LogP contribution in [0.2, 0.25) is 0 Å². The minimum absolute atomic E-state index is 0.000624. The van der Waals surface area contributed by atoms with E-state index in [0.717, 1.165) is 61.6 Å². The Morgan fingerprint density at radius 3 is 1.60 bits per heavy atom. The van der Waals surface area contributed by atoms with Gasteiger partial charge in [-0.05, 0) is 163 Å². The van der Waals surface area contributed by atoms with E-state index < -0.39 is 0 Å². The van der Waals surface area contributed by atoms with Gasteiger partial charge in [0.05, 0.1) is 11.0 Å². The van der Waals surface area contributed by atoms with E-state index in [0.29, 0.717) is 0 Å². The summed E-state index contributed by atoms with van der Waals surface area (Å²) in [5, 5.41) is 7.14. The van der Waals surface area contributed by atoms with E-state index in [2.05, 4.69) is 284 Å². The Balaban J connectivity index is 0.858. The number of benzene rings is 11. The number of anilines is 3. The highest BCUT2D eigenvalue weighted by molar-refractivity contribution is 6.22. The minimum atomic E-state index is -0.373. The second-order valence-electron chi connectivity index (χ2n) is 26.4. The Morgan fingerprint density at radius 2 is 0.904 bits per heavy atom. The van der Waals surface area contributed by atoms with Crippen LogP contribution in [0, 0.1) is 0 Å². The van der Waals surface area contributed by atoms with Gasteiger partial charge in [0.2, 0.25) is 0 Å². The van der Waals surface area contributed by atoms with Gasteiger partial charge in [-0.25, -0.2) is 0 Å². The van der Waals surface area contributed by atoms with Crippen molar-refractivity contribution in [3.8, 4) is 50.2 Å². The van der Waals surface area contributed by atoms with Gasteiger partial charge in [0.15, 0.2) is 0 Å². The third-order valence-corrected chi connectivity index (χ3v) is 19.7. The van der Waals surface area contributed by atoms with Gasteiger partial charge in [-0.1, -0.05) is 190 Å². The third-order valence-electron chi connectivity index (χ3n) is 19.7. The Labute approximate surface area is 483 Å². The number of furan rings is 2. The Kier molecular flexibility index (Phi) is 9.56. The van der Waals surface area contributed by atoms with Gasteiger partial charge < -0.3 is 18.3 Å². The predicted octanol–water partition coefficient (Wildman–Crippen LogP) is 21.9. The highest BCUT2D eigenvalue weighted by atomic mass is 16.3. The Bertz CT molecular complexity index is 5150. The first-order chi connectivity index (χ1) is 40.1. The topological polar surface area (TPSA) is 34.5 Å². The lowest BCUT2D eigenvalue weighted by molar-refractivity contribution is 0.590. The molecule has 0 saturated heterocycles. The van der Waals surface area contributed by atoms with Crippen LogP contribution in [0.1, 0.15) is 101 Å². The van der Waals surface area contributed by atoms with Crippen LogP contribution in [0.4, 0.5) is 17.1 Å². The van der Waals surface area contributed by atoms with Crippen molar-refractivity contribution in [3.63, 3.8) is 0 Å². The molecule has 3 aliphatic rings. The van der Waals surface area contributed by atoms with Gasteiger partial charge in [-0.2, -0.15) is 0 Å². The van der Waals surface area contributed by atoms with Crippen molar-refractivity contribution in [2.75, 3.05) is 4.90 Å². The Morgan fingerprint density at radius 1 is 0.373 bits per heavy atom. The van der Waals surface area contributed by atoms with Crippen LogP contribution in [0.3, 0.4) is 0 Å². The van der Waals surface area contributed by atoms with Crippen molar-refractivity contribution < 1.29 is 8.83 Å². The molecule has 0 radical (unpaired) electrons. The zero-order chi connectivity index (χ0) is 56.2. The molecule has 3 aliphatic carbocycles. The van der Waals surface area contributed by atoms with Gasteiger partial charge in [-0.3, -0.25) is 0 Å². The molecular formula is C79H62N2O2. The van der Waals surface area contributed by atoms with E-state index in [4.69, 9.17) is 8.83 Å². The molecule has 17 rings (SSSR count). The quantitative estimate of drug-likeness (QED) is 0.172. The summed E-state index contributed by atoms with van der Waals surface area (Å²) < 4.78 is 16.5. The highest BCUT2D eigenvalue weighted by Gasteiger charge is 2.49. The number of hydrogen-bond donors (Lipinski definition) is 0. The van der Waals surface area contributed by atoms with Crippen molar-refractivity contribution in [3.05, 3.63) is 251 Å². The lowest BCUT2D eigenvalue weighted by Gasteiger charge is -2.32. The molecule has 0 bridgehead atoms. The fourth-order valence-corrected chi connectivity index (χ4v) is 15.6. The van der Waals surface area contributed by atoms with Crippen LogP contribution in [0.25, 0.3) is 116 Å². The lowest BCUT2D eigenvalue weighted by atomic mass is 9.72. The number of rotatable bonds is 5. The van der Waals surface area contributed by atoms with E-state index in [1.165, 1.54) is 110 Å². The smallest absolute Gasteiger partial charge is 0.144 e. The van der Waals surface area contributed by atoms with Crippen molar-refractivity contribution in [2.45, 2.75) is 84.0 Å². The molecule has 0 saturated carbocycles. The minimum Gasteiger partial charge on any atom is -0.455 e. The predicted molar refractivity (Wildman–Crippen MR) is 347 cm³/mol. The van der Waals surface area contributed by atoms with Crippen LogP contribution >= 0.6 is 0 Å². The number of para-hydroxylation sites is 4. The van der Waals surface area contributed by atoms with Crippen LogP contribution in [-0.2, 0) is 21.7 Å². The van der Waals surface area contributed by atoms with Gasteiger partial charge >= 0.3 is 0 Å². The fourth-order valence-electron chi connectivity index (χ4n) is 15.6. The van der Waals surface area contributed by atoms with Crippen molar-refractivity contribution in [1.29, 1.82) is 0 Å². The van der Waals surface area contributed by atoms with E-state index >= 15 is 0 Å². The van der Waals surface area contributed by atoms with Gasteiger partial charge in [0.25, 0.3) is 0 Å². The first-order valence-electron chi connectivity index (χ1n) is 29.5. The molecule has 3 heterocycles. The summed E-state index contributed by atoms with van der Waals surface area (Å²) in [6, 6.07) is 79.1. The SMILES string of the molecule is CC(C)(C)c1ccc(N(c2ccc3c(c2)C(C)(C)c2cc(-c4ccc5c(c4)c4ccccc4n5-c4ccccc4)c4oc5ccccc5c4c2-3)c2ccc3c(c2)C(C)(C)c2c4c(c5oc6ccccc6c5c2-3)-c2ccccc2C4(C)C)cc1. The van der Waals surface area contributed by atoms with E-state index in [9.17, 15) is 0 Å². The standard InChI is InChI=1S/C79H62N2O2/c1-76(2,3)46-32-34-48(35-33-46)80(50-37-39-54-61(43-50)79(8,9)72-68(54)70-56-26-16-20-30-66(56)83-75(70)71-52-24-13-17-27-59(52)78(6,7)73(71)72)49-36-38-53-60(42-49)77(4,5)62-44-57(74-69(67(53)62)55-25-15-19-29-65(55)82-74)45-31-40-64-58(41-45)51-23-14-18-28-63(51)81(64)47-21-11-10-12-22-47/h10-44H,1-9H3. The zero-order valence-electron chi connectivity index (χ0n) is 48.4. The summed E-state index contributed by atoms with van der Waals surface area (Å²) >= 11 is 0. The van der Waals surface area contributed by atoms with E-state index in [1.54, 1.807) is 0 Å². The number of fused-ring (bicyclic) bond motifs is 22. The molecule has 0 aliphatic heterocycles. The second kappa shape index (κ2) is 16.4. The molecule has 3 aromatic heterocycles. The largest absolute Gasteiger partial charge is 0.455 e. The first-order valence-corrected chi connectivity index (χ1v) is 29.5. The zero-order valence-corrected chi connectivity index (χ0v) is 48.4. The summed E-state index contributed by atoms with van der Waals surface area (Å²) in [5.74, 6) is 0. The molecule has 400 valence electrons. The molecule has 0 amide bonds. The Hall–Kier alpha value is -9.38. The number of aromatic nitrogens is 1. The molecule has 4 heteroatoms. The maximum Gasteiger partial charge on any atom is 0.144 e. The number of hydrogen-bond acceptors (Lipinski definition) is 3. The molecule has 0 N–H and O–H groups in total. The normalized spacial score (nSPS) is 15.1. The summed E-state index contributed by atoms with van der Waals surface area (Å²) in [7, 11) is 0. The molecule has 11 aromatic carbocycles. The molecule has 0 fully saturated rings. The summed E-state index contributed by atoms with van der Waals surface area (Å²) in [4.78, 5) is 2.51. The molecule has 0 unspecified atom stereocenters. The van der Waals surface area contributed by atoms with E-state index in [-0.39, 0.29) is 21.7 Å². The van der Waals surface area contributed by atoms with Gasteiger partial charge in [0.1, 0.15) is 22.3 Å².